The number of amides is 1. The van der Waals surface area contributed by atoms with Crippen LogP contribution < -0.4 is 0 Å². The number of nitriles is 1. The molecule has 0 aliphatic carbocycles. The van der Waals surface area contributed by atoms with E-state index in [9.17, 15) is 4.79 Å². The zero-order chi connectivity index (χ0) is 14.5. The standard InChI is InChI=1S/C15H12ClN3O/c1-19(10-12-4-2-11(8-17)3-5-12)15(20)13-6-7-18-9-14(13)16/h2-7,9H,10H2,1H3. The molecule has 0 aliphatic rings. The number of nitrogens with zero attached hydrogens (tertiary/aromatic N) is 3. The van der Waals surface area contributed by atoms with E-state index in [1.807, 2.05) is 12.1 Å². The van der Waals surface area contributed by atoms with E-state index in [-0.39, 0.29) is 5.91 Å². The topological polar surface area (TPSA) is 57.0 Å². The molecule has 0 aliphatic heterocycles. The van der Waals surface area contributed by atoms with Crippen LogP contribution in [0.2, 0.25) is 5.02 Å². The largest absolute Gasteiger partial charge is 0.337 e. The van der Waals surface area contributed by atoms with Crippen molar-refractivity contribution in [1.82, 2.24) is 9.88 Å². The van der Waals surface area contributed by atoms with Crippen molar-refractivity contribution in [1.29, 1.82) is 5.26 Å². The number of carbonyl (C=O) groups is 1. The second-order valence-electron chi connectivity index (χ2n) is 4.33. The molecule has 4 nitrogen and oxygen atoms in total. The van der Waals surface area contributed by atoms with Crippen LogP contribution in [-0.2, 0) is 6.54 Å². The molecule has 1 amide bonds. The first-order valence-electron chi connectivity index (χ1n) is 5.96. The Balaban J connectivity index is 2.11. The molecule has 0 fully saturated rings. The predicted octanol–water partition coefficient (Wildman–Crippen LogP) is 2.88. The molecule has 0 spiro atoms. The first-order chi connectivity index (χ1) is 9.61. The van der Waals surface area contributed by atoms with Gasteiger partial charge in [0.2, 0.25) is 0 Å². The fourth-order valence-electron chi connectivity index (χ4n) is 1.78. The first-order valence-corrected chi connectivity index (χ1v) is 6.33. The minimum atomic E-state index is -0.165. The third-order valence-corrected chi connectivity index (χ3v) is 3.15. The SMILES string of the molecule is CN(Cc1ccc(C#N)cc1)C(=O)c1ccncc1Cl. The van der Waals surface area contributed by atoms with Crippen molar-refractivity contribution in [3.05, 3.63) is 64.4 Å². The lowest BCUT2D eigenvalue weighted by atomic mass is 10.1. The zero-order valence-electron chi connectivity index (χ0n) is 10.9. The fraction of sp³-hybridized carbons (Fsp3) is 0.133. The summed E-state index contributed by atoms with van der Waals surface area (Å²) in [5.74, 6) is -0.165. The van der Waals surface area contributed by atoms with Crippen LogP contribution in [0.3, 0.4) is 0 Å². The van der Waals surface area contributed by atoms with Gasteiger partial charge in [0, 0.05) is 26.0 Å². The van der Waals surface area contributed by atoms with Crippen molar-refractivity contribution < 1.29 is 4.79 Å². The highest BCUT2D eigenvalue weighted by molar-refractivity contribution is 6.33. The van der Waals surface area contributed by atoms with Crippen LogP contribution in [0.5, 0.6) is 0 Å². The smallest absolute Gasteiger partial charge is 0.255 e. The Morgan fingerprint density at radius 3 is 2.65 bits per heavy atom. The molecule has 2 rings (SSSR count). The predicted molar refractivity (Wildman–Crippen MR) is 76.2 cm³/mol. The van der Waals surface area contributed by atoms with Crippen molar-refractivity contribution in [2.24, 2.45) is 0 Å². The van der Waals surface area contributed by atoms with Crippen LogP contribution in [0.15, 0.2) is 42.7 Å². The molecule has 0 bridgehead atoms. The van der Waals surface area contributed by atoms with Crippen molar-refractivity contribution in [3.8, 4) is 6.07 Å². The molecule has 1 heterocycles. The average molecular weight is 286 g/mol. The van der Waals surface area contributed by atoms with E-state index in [0.29, 0.717) is 22.7 Å². The van der Waals surface area contributed by atoms with Gasteiger partial charge in [-0.1, -0.05) is 23.7 Å². The first kappa shape index (κ1) is 14.0. The summed E-state index contributed by atoms with van der Waals surface area (Å²) in [5, 5.41) is 9.08. The maximum atomic E-state index is 12.3. The maximum Gasteiger partial charge on any atom is 0.255 e. The van der Waals surface area contributed by atoms with E-state index in [1.54, 1.807) is 30.1 Å². The molecule has 100 valence electrons. The number of benzene rings is 1. The lowest BCUT2D eigenvalue weighted by Gasteiger charge is -2.17. The van der Waals surface area contributed by atoms with Gasteiger partial charge in [0.05, 0.1) is 22.2 Å². The molecule has 0 saturated carbocycles. The van der Waals surface area contributed by atoms with E-state index < -0.39 is 0 Å². The Morgan fingerprint density at radius 1 is 1.35 bits per heavy atom. The highest BCUT2D eigenvalue weighted by Gasteiger charge is 2.15. The maximum absolute atomic E-state index is 12.3. The Labute approximate surface area is 122 Å². The van der Waals surface area contributed by atoms with Gasteiger partial charge in [-0.05, 0) is 23.8 Å². The van der Waals surface area contributed by atoms with E-state index in [0.717, 1.165) is 5.56 Å². The number of hydrogen-bond acceptors (Lipinski definition) is 3. The van der Waals surface area contributed by atoms with Crippen molar-refractivity contribution in [3.63, 3.8) is 0 Å². The molecule has 0 radical (unpaired) electrons. The van der Waals surface area contributed by atoms with Gasteiger partial charge in [-0.25, -0.2) is 0 Å². The second kappa shape index (κ2) is 6.18. The molecular formula is C15H12ClN3O. The summed E-state index contributed by atoms with van der Waals surface area (Å²) in [5.41, 5.74) is 1.97. The van der Waals surface area contributed by atoms with Gasteiger partial charge < -0.3 is 4.90 Å². The van der Waals surface area contributed by atoms with Crippen molar-refractivity contribution >= 4 is 17.5 Å². The lowest BCUT2D eigenvalue weighted by molar-refractivity contribution is 0.0785. The Bertz CT molecular complexity index is 662. The highest BCUT2D eigenvalue weighted by Crippen LogP contribution is 2.16. The van der Waals surface area contributed by atoms with Gasteiger partial charge in [0.25, 0.3) is 5.91 Å². The summed E-state index contributed by atoms with van der Waals surface area (Å²) in [6.07, 6.45) is 2.99. The molecule has 20 heavy (non-hydrogen) atoms. The molecular weight excluding hydrogens is 274 g/mol. The van der Waals surface area contributed by atoms with Crippen LogP contribution >= 0.6 is 11.6 Å². The minimum absolute atomic E-state index is 0.165. The van der Waals surface area contributed by atoms with E-state index >= 15 is 0 Å². The summed E-state index contributed by atoms with van der Waals surface area (Å²) in [7, 11) is 1.71. The van der Waals surface area contributed by atoms with E-state index in [4.69, 9.17) is 16.9 Å². The van der Waals surface area contributed by atoms with Gasteiger partial charge in [0.15, 0.2) is 0 Å². The number of rotatable bonds is 3. The highest BCUT2D eigenvalue weighted by atomic mass is 35.5. The number of halogens is 1. The van der Waals surface area contributed by atoms with Crippen LogP contribution in [-0.4, -0.2) is 22.8 Å². The van der Waals surface area contributed by atoms with Crippen LogP contribution in [0, 0.1) is 11.3 Å². The van der Waals surface area contributed by atoms with Crippen LogP contribution in [0.25, 0.3) is 0 Å². The summed E-state index contributed by atoms with van der Waals surface area (Å²) < 4.78 is 0. The molecule has 0 N–H and O–H groups in total. The van der Waals surface area contributed by atoms with Gasteiger partial charge in [0.1, 0.15) is 0 Å². The molecule has 1 aromatic carbocycles. The van der Waals surface area contributed by atoms with E-state index in [1.165, 1.54) is 12.4 Å². The molecule has 5 heteroatoms. The average Bonchev–Trinajstić information content (AvgIpc) is 2.48. The zero-order valence-corrected chi connectivity index (χ0v) is 11.6. The molecule has 0 atom stereocenters. The van der Waals surface area contributed by atoms with Gasteiger partial charge in [-0.2, -0.15) is 5.26 Å². The Kier molecular flexibility index (Phi) is 4.34. The fourth-order valence-corrected chi connectivity index (χ4v) is 1.98. The summed E-state index contributed by atoms with van der Waals surface area (Å²) >= 11 is 5.96. The van der Waals surface area contributed by atoms with Crippen molar-refractivity contribution in [2.75, 3.05) is 7.05 Å². The van der Waals surface area contributed by atoms with Gasteiger partial charge in [-0.3, -0.25) is 9.78 Å². The second-order valence-corrected chi connectivity index (χ2v) is 4.73. The third-order valence-electron chi connectivity index (χ3n) is 2.85. The molecule has 0 saturated heterocycles. The molecule has 1 aromatic heterocycles. The van der Waals surface area contributed by atoms with Crippen molar-refractivity contribution in [2.45, 2.75) is 6.54 Å². The van der Waals surface area contributed by atoms with Crippen LogP contribution in [0.1, 0.15) is 21.5 Å². The number of aromatic nitrogens is 1. The minimum Gasteiger partial charge on any atom is -0.337 e. The van der Waals surface area contributed by atoms with Gasteiger partial charge >= 0.3 is 0 Å². The Morgan fingerprint density at radius 2 is 2.05 bits per heavy atom. The quantitative estimate of drug-likeness (QED) is 0.871. The Hall–Kier alpha value is -2.38. The lowest BCUT2D eigenvalue weighted by Crippen LogP contribution is -2.26. The summed E-state index contributed by atoms with van der Waals surface area (Å²) in [6, 6.07) is 10.8. The number of hydrogen-bond donors (Lipinski definition) is 0. The summed E-state index contributed by atoms with van der Waals surface area (Å²) in [4.78, 5) is 17.7. The third kappa shape index (κ3) is 3.14. The molecule has 2 aromatic rings. The molecule has 0 unspecified atom stereocenters. The van der Waals surface area contributed by atoms with Crippen LogP contribution in [0.4, 0.5) is 0 Å². The van der Waals surface area contributed by atoms with E-state index in [2.05, 4.69) is 11.1 Å². The number of carbonyl (C=O) groups excluding carboxylic acids is 1. The summed E-state index contributed by atoms with van der Waals surface area (Å²) in [6.45, 7) is 0.448. The number of pyridine rings is 1. The normalized spacial score (nSPS) is 9.85. The van der Waals surface area contributed by atoms with Gasteiger partial charge in [-0.15, -0.1) is 0 Å². The monoisotopic (exact) mass is 285 g/mol.